The van der Waals surface area contributed by atoms with Gasteiger partial charge in [-0.25, -0.2) is 10.2 Å². The van der Waals surface area contributed by atoms with Crippen molar-refractivity contribution in [2.45, 2.75) is 0 Å². The van der Waals surface area contributed by atoms with Crippen molar-refractivity contribution in [2.24, 2.45) is 5.10 Å². The third kappa shape index (κ3) is 4.29. The molecule has 0 aliphatic rings. The number of hydrazone groups is 1. The monoisotopic (exact) mass is 289 g/mol. The molecule has 6 heteroatoms. The highest BCUT2D eigenvalue weighted by atomic mass is 35.5. The highest BCUT2D eigenvalue weighted by Gasteiger charge is 1.99. The van der Waals surface area contributed by atoms with Crippen LogP contribution >= 0.6 is 11.6 Å². The lowest BCUT2D eigenvalue weighted by atomic mass is 10.2. The van der Waals surface area contributed by atoms with Crippen LogP contribution in [0.5, 0.6) is 5.75 Å². The van der Waals surface area contributed by atoms with E-state index in [-0.39, 0.29) is 5.75 Å². The van der Waals surface area contributed by atoms with Gasteiger partial charge in [0.15, 0.2) is 0 Å². The van der Waals surface area contributed by atoms with Crippen LogP contribution < -0.4 is 10.7 Å². The SMILES string of the molecule is O=C(N/N=C\c1ccc(O)cc1)Nc1cccc(Cl)c1. The molecule has 102 valence electrons. The fourth-order valence-electron chi connectivity index (χ4n) is 1.45. The van der Waals surface area contributed by atoms with E-state index in [4.69, 9.17) is 16.7 Å². The second-order valence-corrected chi connectivity index (χ2v) is 4.36. The number of phenols is 1. The molecule has 0 aliphatic heterocycles. The number of amides is 2. The van der Waals surface area contributed by atoms with Crippen molar-refractivity contribution >= 4 is 29.5 Å². The first-order chi connectivity index (χ1) is 9.63. The predicted molar refractivity (Wildman–Crippen MR) is 79.3 cm³/mol. The molecule has 3 N–H and O–H groups in total. The van der Waals surface area contributed by atoms with Gasteiger partial charge in [0.25, 0.3) is 0 Å². The van der Waals surface area contributed by atoms with Crippen LogP contribution in [0.15, 0.2) is 53.6 Å². The number of hydrogen-bond acceptors (Lipinski definition) is 3. The van der Waals surface area contributed by atoms with Crippen LogP contribution in [0.1, 0.15) is 5.56 Å². The molecule has 0 bridgehead atoms. The van der Waals surface area contributed by atoms with E-state index in [9.17, 15) is 4.79 Å². The van der Waals surface area contributed by atoms with Gasteiger partial charge in [-0.3, -0.25) is 0 Å². The summed E-state index contributed by atoms with van der Waals surface area (Å²) < 4.78 is 0. The third-order valence-corrected chi connectivity index (χ3v) is 2.59. The summed E-state index contributed by atoms with van der Waals surface area (Å²) in [6.45, 7) is 0. The Morgan fingerprint density at radius 1 is 1.20 bits per heavy atom. The Kier molecular flexibility index (Phi) is 4.57. The summed E-state index contributed by atoms with van der Waals surface area (Å²) in [5.41, 5.74) is 3.66. The van der Waals surface area contributed by atoms with Gasteiger partial charge in [0.1, 0.15) is 5.75 Å². The van der Waals surface area contributed by atoms with Crippen molar-refractivity contribution in [1.29, 1.82) is 0 Å². The van der Waals surface area contributed by atoms with Crippen LogP contribution in [0.25, 0.3) is 0 Å². The maximum absolute atomic E-state index is 11.5. The zero-order valence-corrected chi connectivity index (χ0v) is 11.1. The van der Waals surface area contributed by atoms with Crippen molar-refractivity contribution in [1.82, 2.24) is 5.43 Å². The summed E-state index contributed by atoms with van der Waals surface area (Å²) in [6.07, 6.45) is 1.47. The van der Waals surface area contributed by atoms with E-state index in [0.29, 0.717) is 10.7 Å². The number of anilines is 1. The average Bonchev–Trinajstić information content (AvgIpc) is 2.41. The third-order valence-electron chi connectivity index (χ3n) is 2.36. The zero-order valence-electron chi connectivity index (χ0n) is 10.4. The number of carbonyl (C=O) groups excluding carboxylic acids is 1. The Hall–Kier alpha value is -2.53. The quantitative estimate of drug-likeness (QED) is 0.599. The lowest BCUT2D eigenvalue weighted by Gasteiger charge is -2.04. The van der Waals surface area contributed by atoms with Crippen molar-refractivity contribution in [2.75, 3.05) is 5.32 Å². The number of nitrogens with zero attached hydrogens (tertiary/aromatic N) is 1. The molecular weight excluding hydrogens is 278 g/mol. The van der Waals surface area contributed by atoms with Gasteiger partial charge < -0.3 is 10.4 Å². The van der Waals surface area contributed by atoms with Gasteiger partial charge in [-0.1, -0.05) is 17.7 Å². The highest BCUT2D eigenvalue weighted by molar-refractivity contribution is 6.30. The molecule has 0 heterocycles. The molecular formula is C14H12ClN3O2. The average molecular weight is 290 g/mol. The lowest BCUT2D eigenvalue weighted by Crippen LogP contribution is -2.24. The molecule has 0 unspecified atom stereocenters. The topological polar surface area (TPSA) is 73.7 Å². The first kappa shape index (κ1) is 13.9. The summed E-state index contributed by atoms with van der Waals surface area (Å²) in [4.78, 5) is 11.5. The summed E-state index contributed by atoms with van der Waals surface area (Å²) >= 11 is 5.80. The normalized spacial score (nSPS) is 10.4. The van der Waals surface area contributed by atoms with E-state index in [0.717, 1.165) is 5.56 Å². The highest BCUT2D eigenvalue weighted by Crippen LogP contribution is 2.14. The molecule has 0 saturated heterocycles. The number of carbonyl (C=O) groups is 1. The zero-order chi connectivity index (χ0) is 14.4. The molecule has 0 fully saturated rings. The Morgan fingerprint density at radius 2 is 1.95 bits per heavy atom. The maximum atomic E-state index is 11.5. The molecule has 0 radical (unpaired) electrons. The first-order valence-corrected chi connectivity index (χ1v) is 6.16. The molecule has 0 aliphatic carbocycles. The molecule has 5 nitrogen and oxygen atoms in total. The van der Waals surface area contributed by atoms with E-state index in [1.807, 2.05) is 0 Å². The van der Waals surface area contributed by atoms with Gasteiger partial charge in [0.2, 0.25) is 0 Å². The van der Waals surface area contributed by atoms with Gasteiger partial charge in [-0.15, -0.1) is 0 Å². The van der Waals surface area contributed by atoms with E-state index in [2.05, 4.69) is 15.8 Å². The van der Waals surface area contributed by atoms with Crippen molar-refractivity contribution < 1.29 is 9.90 Å². The minimum atomic E-state index is -0.470. The van der Waals surface area contributed by atoms with Crippen molar-refractivity contribution in [3.8, 4) is 5.75 Å². The van der Waals surface area contributed by atoms with Crippen LogP contribution in [0.4, 0.5) is 10.5 Å². The van der Waals surface area contributed by atoms with Gasteiger partial charge >= 0.3 is 6.03 Å². The van der Waals surface area contributed by atoms with E-state index >= 15 is 0 Å². The number of hydrogen-bond donors (Lipinski definition) is 3. The first-order valence-electron chi connectivity index (χ1n) is 5.78. The van der Waals surface area contributed by atoms with Crippen LogP contribution in [0, 0.1) is 0 Å². The summed E-state index contributed by atoms with van der Waals surface area (Å²) in [5.74, 6) is 0.175. The molecule has 0 atom stereocenters. The van der Waals surface area contributed by atoms with Crippen molar-refractivity contribution in [3.63, 3.8) is 0 Å². The maximum Gasteiger partial charge on any atom is 0.339 e. The van der Waals surface area contributed by atoms with Crippen molar-refractivity contribution in [3.05, 3.63) is 59.1 Å². The molecule has 2 amide bonds. The largest absolute Gasteiger partial charge is 0.508 e. The number of aromatic hydroxyl groups is 1. The fourth-order valence-corrected chi connectivity index (χ4v) is 1.64. The fraction of sp³-hybridized carbons (Fsp3) is 0. The van der Waals surface area contributed by atoms with Gasteiger partial charge in [0, 0.05) is 10.7 Å². The number of nitrogens with one attached hydrogen (secondary N) is 2. The van der Waals surface area contributed by atoms with Crippen LogP contribution in [-0.4, -0.2) is 17.4 Å². The summed E-state index contributed by atoms with van der Waals surface area (Å²) in [7, 11) is 0. The molecule has 0 spiro atoms. The number of benzene rings is 2. The van der Waals surface area contributed by atoms with E-state index in [1.165, 1.54) is 18.3 Å². The van der Waals surface area contributed by atoms with Crippen LogP contribution in [-0.2, 0) is 0 Å². The van der Waals surface area contributed by atoms with Crippen LogP contribution in [0.3, 0.4) is 0 Å². The minimum Gasteiger partial charge on any atom is -0.508 e. The number of halogens is 1. The Balaban J connectivity index is 1.87. The predicted octanol–water partition coefficient (Wildman–Crippen LogP) is 3.20. The second kappa shape index (κ2) is 6.58. The molecule has 2 aromatic carbocycles. The summed E-state index contributed by atoms with van der Waals surface area (Å²) in [6, 6.07) is 12.7. The molecule has 0 saturated carbocycles. The van der Waals surface area contributed by atoms with Crippen LogP contribution in [0.2, 0.25) is 5.02 Å². The molecule has 2 aromatic rings. The Bertz CT molecular complexity index is 627. The smallest absolute Gasteiger partial charge is 0.339 e. The molecule has 2 rings (SSSR count). The number of rotatable bonds is 3. The standard InChI is InChI=1S/C14H12ClN3O2/c15-11-2-1-3-12(8-11)17-14(20)18-16-9-10-4-6-13(19)7-5-10/h1-9,19H,(H2,17,18,20)/b16-9-. The lowest BCUT2D eigenvalue weighted by molar-refractivity contribution is 0.252. The second-order valence-electron chi connectivity index (χ2n) is 3.93. The molecule has 20 heavy (non-hydrogen) atoms. The number of phenolic OH excluding ortho intramolecular Hbond substituents is 1. The van der Waals surface area contributed by atoms with E-state index in [1.54, 1.807) is 36.4 Å². The van der Waals surface area contributed by atoms with Gasteiger partial charge in [-0.05, 0) is 48.0 Å². The van der Waals surface area contributed by atoms with E-state index < -0.39 is 6.03 Å². The Morgan fingerprint density at radius 3 is 2.65 bits per heavy atom. The summed E-state index contributed by atoms with van der Waals surface area (Å²) in [5, 5.41) is 16.0. The molecule has 0 aromatic heterocycles. The van der Waals surface area contributed by atoms with Gasteiger partial charge in [0.05, 0.1) is 6.21 Å². The van der Waals surface area contributed by atoms with Gasteiger partial charge in [-0.2, -0.15) is 5.10 Å². The Labute approximate surface area is 120 Å². The number of urea groups is 1. The minimum absolute atomic E-state index is 0.175.